The van der Waals surface area contributed by atoms with Crippen LogP contribution < -0.4 is 0 Å². The lowest BCUT2D eigenvalue weighted by atomic mass is 10.0. The summed E-state index contributed by atoms with van der Waals surface area (Å²) in [5.74, 6) is -0.0658. The standard InChI is InChI=1S/C9H11F3O2/c1-13-7-5-2-3-6(4-5)8(7)14-9(10,11)12/h2-3,5-8H,4H2,1H3. The molecule has 0 spiro atoms. The third-order valence-corrected chi connectivity index (χ3v) is 2.86. The molecule has 1 fully saturated rings. The lowest BCUT2D eigenvalue weighted by Crippen LogP contribution is -2.38. The second-order valence-electron chi connectivity index (χ2n) is 3.68. The van der Waals surface area contributed by atoms with Crippen LogP contribution in [0.25, 0.3) is 0 Å². The van der Waals surface area contributed by atoms with E-state index in [-0.39, 0.29) is 11.8 Å². The van der Waals surface area contributed by atoms with Gasteiger partial charge in [0.2, 0.25) is 0 Å². The highest BCUT2D eigenvalue weighted by Crippen LogP contribution is 2.44. The molecule has 2 aliphatic rings. The molecule has 0 aromatic rings. The Morgan fingerprint density at radius 2 is 1.71 bits per heavy atom. The van der Waals surface area contributed by atoms with Gasteiger partial charge in [-0.25, -0.2) is 0 Å². The van der Waals surface area contributed by atoms with E-state index < -0.39 is 18.6 Å². The highest BCUT2D eigenvalue weighted by molar-refractivity contribution is 5.15. The lowest BCUT2D eigenvalue weighted by molar-refractivity contribution is -0.353. The predicted molar refractivity (Wildman–Crippen MR) is 42.5 cm³/mol. The number of rotatable bonds is 2. The van der Waals surface area contributed by atoms with Crippen LogP contribution in [0.5, 0.6) is 0 Å². The minimum absolute atomic E-state index is 0.0809. The van der Waals surface area contributed by atoms with Crippen LogP contribution in [-0.2, 0) is 9.47 Å². The number of ether oxygens (including phenoxy) is 2. The fraction of sp³-hybridized carbons (Fsp3) is 0.778. The molecule has 0 aromatic carbocycles. The molecule has 14 heavy (non-hydrogen) atoms. The monoisotopic (exact) mass is 208 g/mol. The Balaban J connectivity index is 2.08. The summed E-state index contributed by atoms with van der Waals surface area (Å²) in [7, 11) is 1.42. The summed E-state index contributed by atoms with van der Waals surface area (Å²) in [6.07, 6.45) is -1.48. The highest BCUT2D eigenvalue weighted by atomic mass is 19.4. The zero-order valence-corrected chi connectivity index (χ0v) is 7.62. The molecule has 0 amide bonds. The fourth-order valence-corrected chi connectivity index (χ4v) is 2.35. The smallest absolute Gasteiger partial charge is 0.378 e. The maximum Gasteiger partial charge on any atom is 0.522 e. The van der Waals surface area contributed by atoms with Crippen LogP contribution in [0.2, 0.25) is 0 Å². The maximum absolute atomic E-state index is 12.0. The van der Waals surface area contributed by atoms with Crippen LogP contribution in [0, 0.1) is 11.8 Å². The minimum atomic E-state index is -4.57. The van der Waals surface area contributed by atoms with E-state index in [1.165, 1.54) is 7.11 Å². The van der Waals surface area contributed by atoms with E-state index in [1.54, 1.807) is 6.08 Å². The number of fused-ring (bicyclic) bond motifs is 2. The molecule has 0 aliphatic heterocycles. The molecule has 4 atom stereocenters. The summed E-state index contributed by atoms with van der Waals surface area (Å²) in [6, 6.07) is 0. The van der Waals surface area contributed by atoms with Gasteiger partial charge in [0.15, 0.2) is 0 Å². The van der Waals surface area contributed by atoms with Gasteiger partial charge in [0.1, 0.15) is 0 Å². The van der Waals surface area contributed by atoms with E-state index in [4.69, 9.17) is 4.74 Å². The molecule has 0 N–H and O–H groups in total. The summed E-state index contributed by atoms with van der Waals surface area (Å²) in [5.41, 5.74) is 0. The first-order chi connectivity index (χ1) is 6.51. The van der Waals surface area contributed by atoms with Crippen molar-refractivity contribution in [3.63, 3.8) is 0 Å². The van der Waals surface area contributed by atoms with Crippen molar-refractivity contribution in [2.75, 3.05) is 7.11 Å². The molecule has 1 saturated carbocycles. The van der Waals surface area contributed by atoms with Crippen LogP contribution in [0.1, 0.15) is 6.42 Å². The van der Waals surface area contributed by atoms with E-state index in [2.05, 4.69) is 4.74 Å². The molecule has 5 heteroatoms. The van der Waals surface area contributed by atoms with Crippen molar-refractivity contribution in [2.45, 2.75) is 25.0 Å². The first-order valence-corrected chi connectivity index (χ1v) is 4.47. The zero-order chi connectivity index (χ0) is 10.3. The first-order valence-electron chi connectivity index (χ1n) is 4.47. The molecule has 2 rings (SSSR count). The van der Waals surface area contributed by atoms with E-state index >= 15 is 0 Å². The maximum atomic E-state index is 12.0. The van der Waals surface area contributed by atoms with Gasteiger partial charge >= 0.3 is 6.36 Å². The van der Waals surface area contributed by atoms with Crippen LogP contribution >= 0.6 is 0 Å². The third kappa shape index (κ3) is 1.66. The van der Waals surface area contributed by atoms with Gasteiger partial charge in [0, 0.05) is 18.9 Å². The fourth-order valence-electron chi connectivity index (χ4n) is 2.35. The summed E-state index contributed by atoms with van der Waals surface area (Å²) >= 11 is 0. The third-order valence-electron chi connectivity index (χ3n) is 2.86. The van der Waals surface area contributed by atoms with Crippen molar-refractivity contribution in [3.8, 4) is 0 Å². The average Bonchev–Trinajstić information content (AvgIpc) is 2.60. The number of halogens is 3. The minimum Gasteiger partial charge on any atom is -0.378 e. The highest BCUT2D eigenvalue weighted by Gasteiger charge is 2.50. The van der Waals surface area contributed by atoms with Gasteiger partial charge in [-0.15, -0.1) is 13.2 Å². The quantitative estimate of drug-likeness (QED) is 0.647. The molecule has 0 heterocycles. The molecule has 2 bridgehead atoms. The Hall–Kier alpha value is -0.550. The van der Waals surface area contributed by atoms with Crippen molar-refractivity contribution in [1.29, 1.82) is 0 Å². The summed E-state index contributed by atoms with van der Waals surface area (Å²) in [6.45, 7) is 0. The first kappa shape index (κ1) is 9.98. The SMILES string of the molecule is COC1C2C=CC(C2)C1OC(F)(F)F. The second-order valence-corrected chi connectivity index (χ2v) is 3.68. The van der Waals surface area contributed by atoms with Crippen LogP contribution in [0.15, 0.2) is 12.2 Å². The normalized spacial score (nSPS) is 40.9. The van der Waals surface area contributed by atoms with Gasteiger partial charge in [-0.05, 0) is 6.42 Å². The van der Waals surface area contributed by atoms with Crippen molar-refractivity contribution < 1.29 is 22.6 Å². The molecular formula is C9H11F3O2. The molecule has 4 unspecified atom stereocenters. The lowest BCUT2D eigenvalue weighted by Gasteiger charge is -2.27. The molecule has 2 nitrogen and oxygen atoms in total. The van der Waals surface area contributed by atoms with Gasteiger partial charge in [0.25, 0.3) is 0 Å². The summed E-state index contributed by atoms with van der Waals surface area (Å²) in [4.78, 5) is 0. The number of hydrogen-bond acceptors (Lipinski definition) is 2. The number of hydrogen-bond donors (Lipinski definition) is 0. The molecule has 2 aliphatic carbocycles. The van der Waals surface area contributed by atoms with Crippen LogP contribution in [0.4, 0.5) is 13.2 Å². The predicted octanol–water partition coefficient (Wildman–Crippen LogP) is 2.11. The Morgan fingerprint density at radius 1 is 1.14 bits per heavy atom. The molecule has 0 aromatic heterocycles. The van der Waals surface area contributed by atoms with E-state index in [1.807, 2.05) is 6.08 Å². The Labute approximate surface area is 79.7 Å². The Bertz CT molecular complexity index is 249. The van der Waals surface area contributed by atoms with Crippen molar-refractivity contribution >= 4 is 0 Å². The Morgan fingerprint density at radius 3 is 2.21 bits per heavy atom. The van der Waals surface area contributed by atoms with E-state index in [0.717, 1.165) is 0 Å². The van der Waals surface area contributed by atoms with Gasteiger partial charge in [-0.1, -0.05) is 12.2 Å². The number of alkyl halides is 3. The average molecular weight is 208 g/mol. The molecular weight excluding hydrogens is 197 g/mol. The topological polar surface area (TPSA) is 18.5 Å². The van der Waals surface area contributed by atoms with Crippen LogP contribution in [0.3, 0.4) is 0 Å². The van der Waals surface area contributed by atoms with Crippen molar-refractivity contribution in [1.82, 2.24) is 0 Å². The molecule has 0 saturated heterocycles. The second kappa shape index (κ2) is 3.24. The van der Waals surface area contributed by atoms with Gasteiger partial charge < -0.3 is 4.74 Å². The van der Waals surface area contributed by atoms with Gasteiger partial charge in [-0.2, -0.15) is 0 Å². The Kier molecular flexibility index (Phi) is 2.31. The summed E-state index contributed by atoms with van der Waals surface area (Å²) in [5, 5.41) is 0. The summed E-state index contributed by atoms with van der Waals surface area (Å²) < 4.78 is 45.2. The molecule has 80 valence electrons. The van der Waals surface area contributed by atoms with E-state index in [9.17, 15) is 13.2 Å². The van der Waals surface area contributed by atoms with Crippen molar-refractivity contribution in [3.05, 3.63) is 12.2 Å². The van der Waals surface area contributed by atoms with E-state index in [0.29, 0.717) is 6.42 Å². The van der Waals surface area contributed by atoms with Gasteiger partial charge in [0.05, 0.1) is 12.2 Å². The molecule has 0 radical (unpaired) electrons. The largest absolute Gasteiger partial charge is 0.522 e. The van der Waals surface area contributed by atoms with Gasteiger partial charge in [-0.3, -0.25) is 4.74 Å². The zero-order valence-electron chi connectivity index (χ0n) is 7.62. The van der Waals surface area contributed by atoms with Crippen molar-refractivity contribution in [2.24, 2.45) is 11.8 Å². The number of methoxy groups -OCH3 is 1. The van der Waals surface area contributed by atoms with Crippen LogP contribution in [-0.4, -0.2) is 25.7 Å².